The van der Waals surface area contributed by atoms with Gasteiger partial charge in [0.1, 0.15) is 0 Å². The monoisotopic (exact) mass is 236 g/mol. The second-order valence-electron chi connectivity index (χ2n) is 4.29. The third-order valence-electron chi connectivity index (χ3n) is 2.90. The zero-order chi connectivity index (χ0) is 9.94. The predicted octanol–water partition coefficient (Wildman–Crippen LogP) is 5.04. The van der Waals surface area contributed by atoms with Crippen molar-refractivity contribution in [2.45, 2.75) is 77.4 Å². The van der Waals surface area contributed by atoms with Crippen LogP contribution in [0.1, 0.15) is 59.3 Å². The van der Waals surface area contributed by atoms with Crippen LogP contribution in [0.15, 0.2) is 0 Å². The summed E-state index contributed by atoms with van der Waals surface area (Å²) in [6.45, 7) is 6.97. The summed E-state index contributed by atoms with van der Waals surface area (Å²) in [7, 11) is -0.287. The molecule has 0 saturated carbocycles. The highest BCUT2D eigenvalue weighted by Gasteiger charge is 2.08. The van der Waals surface area contributed by atoms with Crippen molar-refractivity contribution in [2.24, 2.45) is 0 Å². The molecule has 0 atom stereocenters. The van der Waals surface area contributed by atoms with Crippen molar-refractivity contribution in [2.75, 3.05) is 0 Å². The van der Waals surface area contributed by atoms with Gasteiger partial charge in [0.05, 0.1) is 0 Å². The molecule has 0 amide bonds. The minimum Gasteiger partial charge on any atom is -0.147 e. The third-order valence-corrected chi connectivity index (χ3v) is 6.57. The molecule has 0 bridgehead atoms. The van der Waals surface area contributed by atoms with E-state index in [0.29, 0.717) is 0 Å². The lowest BCUT2D eigenvalue weighted by atomic mass is 10.4. The zero-order valence-electron chi connectivity index (χ0n) is 10.3. The van der Waals surface area contributed by atoms with Crippen molar-refractivity contribution >= 4 is 21.2 Å². The van der Waals surface area contributed by atoms with E-state index >= 15 is 0 Å². The molecule has 0 aliphatic heterocycles. The highest BCUT2D eigenvalue weighted by Crippen LogP contribution is 2.16. The van der Waals surface area contributed by atoms with Gasteiger partial charge in [0.25, 0.3) is 0 Å². The largest absolute Gasteiger partial charge is 0.147 e. The highest BCUT2D eigenvalue weighted by atomic mass is 35.5. The fourth-order valence-corrected chi connectivity index (χ4v) is 5.73. The molecule has 88 valence electrons. The van der Waals surface area contributed by atoms with Gasteiger partial charge in [-0.25, -0.2) is 0 Å². The zero-order valence-corrected chi connectivity index (χ0v) is 12.3. The number of hydrogen-bond acceptors (Lipinski definition) is 0. The molecule has 14 heavy (non-hydrogen) atoms. The van der Waals surface area contributed by atoms with E-state index < -0.39 is 0 Å². The Bertz CT molecular complexity index is 77.3. The SMILES string of the molecule is CCCC[SiH](CCCC)CCCC.Cl. The average Bonchev–Trinajstić information content (AvgIpc) is 2.17. The first-order valence-corrected chi connectivity index (χ1v) is 8.80. The van der Waals surface area contributed by atoms with Crippen LogP contribution in [0.25, 0.3) is 0 Å². The van der Waals surface area contributed by atoms with Gasteiger partial charge < -0.3 is 0 Å². The molecule has 0 aromatic carbocycles. The van der Waals surface area contributed by atoms with Crippen molar-refractivity contribution in [1.29, 1.82) is 0 Å². The minimum absolute atomic E-state index is 0. The topological polar surface area (TPSA) is 0 Å². The third kappa shape index (κ3) is 10.6. The smallest absolute Gasteiger partial charge is 0.0367 e. The Hall–Kier alpha value is 0.507. The standard InChI is InChI=1S/C12H28Si.ClH/c1-4-7-10-13(11-8-5-2)12-9-6-3;/h13H,4-12H2,1-3H3;1H. The molecule has 0 saturated heterocycles. The summed E-state index contributed by atoms with van der Waals surface area (Å²) >= 11 is 0. The van der Waals surface area contributed by atoms with Crippen LogP contribution in [-0.4, -0.2) is 8.80 Å². The molecule has 0 spiro atoms. The summed E-state index contributed by atoms with van der Waals surface area (Å²) < 4.78 is 0. The van der Waals surface area contributed by atoms with E-state index in [4.69, 9.17) is 0 Å². The second kappa shape index (κ2) is 13.5. The van der Waals surface area contributed by atoms with E-state index in [-0.39, 0.29) is 21.2 Å². The number of rotatable bonds is 9. The fraction of sp³-hybridized carbons (Fsp3) is 1.00. The Labute approximate surface area is 98.9 Å². The van der Waals surface area contributed by atoms with Crippen LogP contribution in [0.3, 0.4) is 0 Å². The lowest BCUT2D eigenvalue weighted by molar-refractivity contribution is 0.812. The van der Waals surface area contributed by atoms with Gasteiger partial charge in [-0.1, -0.05) is 77.4 Å². The van der Waals surface area contributed by atoms with Crippen LogP contribution < -0.4 is 0 Å². The van der Waals surface area contributed by atoms with Crippen LogP contribution >= 0.6 is 12.4 Å². The molecule has 0 rings (SSSR count). The maximum Gasteiger partial charge on any atom is 0.0367 e. The van der Waals surface area contributed by atoms with E-state index in [1.807, 2.05) is 0 Å². The lowest BCUT2D eigenvalue weighted by Crippen LogP contribution is -2.11. The van der Waals surface area contributed by atoms with Gasteiger partial charge in [0.15, 0.2) is 0 Å². The van der Waals surface area contributed by atoms with Crippen LogP contribution in [0.2, 0.25) is 18.1 Å². The molecule has 0 aliphatic rings. The Morgan fingerprint density at radius 1 is 0.643 bits per heavy atom. The number of halogens is 1. The first kappa shape index (κ1) is 16.9. The highest BCUT2D eigenvalue weighted by molar-refractivity contribution is 6.58. The summed E-state index contributed by atoms with van der Waals surface area (Å²) in [6, 6.07) is 4.86. The van der Waals surface area contributed by atoms with Gasteiger partial charge in [-0.05, 0) is 0 Å². The Morgan fingerprint density at radius 3 is 1.14 bits per heavy atom. The van der Waals surface area contributed by atoms with Crippen molar-refractivity contribution in [3.05, 3.63) is 0 Å². The lowest BCUT2D eigenvalue weighted by Gasteiger charge is -2.13. The van der Waals surface area contributed by atoms with E-state index in [9.17, 15) is 0 Å². The first-order chi connectivity index (χ1) is 6.35. The summed E-state index contributed by atoms with van der Waals surface area (Å²) in [5.74, 6) is 0. The van der Waals surface area contributed by atoms with Crippen molar-refractivity contribution in [3.8, 4) is 0 Å². The molecule has 2 heteroatoms. The molecule has 0 unspecified atom stereocenters. The summed E-state index contributed by atoms with van der Waals surface area (Å²) in [5.41, 5.74) is 0. The van der Waals surface area contributed by atoms with Gasteiger partial charge in [-0.3, -0.25) is 0 Å². The maximum absolute atomic E-state index is 2.32. The molecule has 0 nitrogen and oxygen atoms in total. The molecule has 0 N–H and O–H groups in total. The van der Waals surface area contributed by atoms with Crippen LogP contribution in [0.5, 0.6) is 0 Å². The van der Waals surface area contributed by atoms with E-state index in [0.717, 1.165) is 0 Å². The number of hydrogen-bond donors (Lipinski definition) is 0. The fourth-order valence-electron chi connectivity index (χ4n) is 1.91. The molecule has 0 radical (unpaired) electrons. The quantitative estimate of drug-likeness (QED) is 0.493. The first-order valence-electron chi connectivity index (χ1n) is 6.35. The van der Waals surface area contributed by atoms with Gasteiger partial charge in [0, 0.05) is 8.80 Å². The van der Waals surface area contributed by atoms with Crippen molar-refractivity contribution in [3.63, 3.8) is 0 Å². The van der Waals surface area contributed by atoms with Gasteiger partial charge in [-0.15, -0.1) is 12.4 Å². The molecule has 0 aliphatic carbocycles. The minimum atomic E-state index is -0.287. The van der Waals surface area contributed by atoms with E-state index in [1.165, 1.54) is 38.5 Å². The molecular formula is C12H29ClSi. The van der Waals surface area contributed by atoms with Gasteiger partial charge in [-0.2, -0.15) is 0 Å². The molecule has 0 fully saturated rings. The second-order valence-corrected chi connectivity index (χ2v) is 7.76. The molecule has 0 aromatic heterocycles. The predicted molar refractivity (Wildman–Crippen MR) is 73.5 cm³/mol. The summed E-state index contributed by atoms with van der Waals surface area (Å²) in [6.07, 6.45) is 8.73. The van der Waals surface area contributed by atoms with Crippen molar-refractivity contribution in [1.82, 2.24) is 0 Å². The molecule has 0 heterocycles. The van der Waals surface area contributed by atoms with E-state index in [2.05, 4.69) is 20.8 Å². The average molecular weight is 237 g/mol. The molecular weight excluding hydrogens is 208 g/mol. The van der Waals surface area contributed by atoms with Crippen LogP contribution in [0.4, 0.5) is 0 Å². The van der Waals surface area contributed by atoms with Crippen LogP contribution in [-0.2, 0) is 0 Å². The Morgan fingerprint density at radius 2 is 0.929 bits per heavy atom. The van der Waals surface area contributed by atoms with Gasteiger partial charge in [0.2, 0.25) is 0 Å². The summed E-state index contributed by atoms with van der Waals surface area (Å²) in [4.78, 5) is 0. The summed E-state index contributed by atoms with van der Waals surface area (Å²) in [5, 5.41) is 0. The van der Waals surface area contributed by atoms with E-state index in [1.54, 1.807) is 18.1 Å². The normalized spacial score (nSPS) is 10.3. The Kier molecular flexibility index (Phi) is 16.3. The maximum atomic E-state index is 2.32. The van der Waals surface area contributed by atoms with Crippen LogP contribution in [0, 0.1) is 0 Å². The van der Waals surface area contributed by atoms with Crippen molar-refractivity contribution < 1.29 is 0 Å². The molecule has 0 aromatic rings. The Balaban J connectivity index is 0. The van der Waals surface area contributed by atoms with Gasteiger partial charge >= 0.3 is 0 Å². The number of unbranched alkanes of at least 4 members (excludes halogenated alkanes) is 3.